The van der Waals surface area contributed by atoms with Gasteiger partial charge >= 0.3 is 0 Å². The fourth-order valence-electron chi connectivity index (χ4n) is 2.17. The van der Waals surface area contributed by atoms with Gasteiger partial charge in [-0.05, 0) is 30.3 Å². The maximum Gasteiger partial charge on any atom is 0.255 e. The second-order valence-corrected chi connectivity index (χ2v) is 5.06. The second-order valence-electron chi connectivity index (χ2n) is 5.06. The van der Waals surface area contributed by atoms with Crippen molar-refractivity contribution in [1.29, 1.82) is 0 Å². The summed E-state index contributed by atoms with van der Waals surface area (Å²) in [7, 11) is 0. The number of amides is 2. The van der Waals surface area contributed by atoms with E-state index in [0.29, 0.717) is 22.5 Å². The molecule has 0 fully saturated rings. The molecule has 0 spiro atoms. The summed E-state index contributed by atoms with van der Waals surface area (Å²) in [6.45, 7) is 0. The van der Waals surface area contributed by atoms with Crippen molar-refractivity contribution in [2.75, 3.05) is 10.6 Å². The van der Waals surface area contributed by atoms with Crippen LogP contribution in [0.4, 0.5) is 11.4 Å². The van der Waals surface area contributed by atoms with Crippen LogP contribution >= 0.6 is 0 Å². The summed E-state index contributed by atoms with van der Waals surface area (Å²) in [6.07, 6.45) is 3.06. The minimum absolute atomic E-state index is 0.253. The molecule has 0 saturated heterocycles. The molecule has 0 aliphatic rings. The summed E-state index contributed by atoms with van der Waals surface area (Å²) in [4.78, 5) is 28.6. The minimum Gasteiger partial charge on any atom is -0.320 e. The number of pyridine rings is 1. The lowest BCUT2D eigenvalue weighted by Crippen LogP contribution is -2.17. The van der Waals surface area contributed by atoms with Gasteiger partial charge in [0, 0.05) is 17.3 Å². The predicted molar refractivity (Wildman–Crippen MR) is 93.0 cm³/mol. The molecule has 0 unspecified atom stereocenters. The fourth-order valence-corrected chi connectivity index (χ4v) is 2.17. The van der Waals surface area contributed by atoms with Gasteiger partial charge in [0.25, 0.3) is 11.8 Å². The summed E-state index contributed by atoms with van der Waals surface area (Å²) in [6, 6.07) is 19.4. The number of rotatable bonds is 4. The van der Waals surface area contributed by atoms with Crippen LogP contribution in [0.25, 0.3) is 0 Å². The largest absolute Gasteiger partial charge is 0.320 e. The quantitative estimate of drug-likeness (QED) is 0.772. The van der Waals surface area contributed by atoms with Crippen molar-refractivity contribution in [1.82, 2.24) is 4.98 Å². The van der Waals surface area contributed by atoms with E-state index in [1.807, 2.05) is 12.1 Å². The molecular formula is C19H15N3O2. The van der Waals surface area contributed by atoms with Crippen LogP contribution in [0.1, 0.15) is 20.7 Å². The van der Waals surface area contributed by atoms with Gasteiger partial charge in [0.15, 0.2) is 0 Å². The third-order valence-corrected chi connectivity index (χ3v) is 3.39. The number of carbonyl (C=O) groups excluding carboxylic acids is 2. The minimum atomic E-state index is -0.265. The van der Waals surface area contributed by atoms with Crippen LogP contribution in [0, 0.1) is 0 Å². The van der Waals surface area contributed by atoms with E-state index >= 15 is 0 Å². The third kappa shape index (κ3) is 3.64. The van der Waals surface area contributed by atoms with Crippen LogP contribution in [0.3, 0.4) is 0 Å². The lowest BCUT2D eigenvalue weighted by Gasteiger charge is -2.12. The van der Waals surface area contributed by atoms with E-state index in [2.05, 4.69) is 15.6 Å². The molecule has 0 atom stereocenters. The summed E-state index contributed by atoms with van der Waals surface area (Å²) in [5.74, 6) is -0.518. The number of benzene rings is 2. The van der Waals surface area contributed by atoms with Gasteiger partial charge in [-0.1, -0.05) is 36.4 Å². The Balaban J connectivity index is 1.78. The molecule has 118 valence electrons. The van der Waals surface area contributed by atoms with Gasteiger partial charge in [-0.25, -0.2) is 0 Å². The predicted octanol–water partition coefficient (Wildman–Crippen LogP) is 3.59. The Hall–Kier alpha value is -3.47. The molecule has 0 bridgehead atoms. The average Bonchev–Trinajstić information content (AvgIpc) is 2.64. The molecule has 2 aromatic carbocycles. The first-order valence-electron chi connectivity index (χ1n) is 7.41. The molecule has 5 heteroatoms. The molecule has 0 aliphatic carbocycles. The zero-order valence-corrected chi connectivity index (χ0v) is 12.8. The standard InChI is InChI=1S/C19H15N3O2/c23-18(14-7-3-1-4-8-14)21-16-11-12-20-13-17(16)22-19(24)15-9-5-2-6-10-15/h1-13H,(H,22,24)(H,20,21,23). The number of nitrogens with zero attached hydrogens (tertiary/aromatic N) is 1. The molecule has 0 saturated carbocycles. The highest BCUT2D eigenvalue weighted by Crippen LogP contribution is 2.21. The van der Waals surface area contributed by atoms with Crippen LogP contribution in [0.2, 0.25) is 0 Å². The number of anilines is 2. The molecule has 3 aromatic rings. The highest BCUT2D eigenvalue weighted by molar-refractivity contribution is 6.09. The van der Waals surface area contributed by atoms with Crippen molar-refractivity contribution in [2.24, 2.45) is 0 Å². The van der Waals surface area contributed by atoms with Gasteiger partial charge in [-0.3, -0.25) is 14.6 Å². The molecule has 1 heterocycles. The second kappa shape index (κ2) is 7.19. The highest BCUT2D eigenvalue weighted by atomic mass is 16.2. The zero-order valence-electron chi connectivity index (χ0n) is 12.8. The molecule has 0 aliphatic heterocycles. The summed E-state index contributed by atoms with van der Waals surface area (Å²) in [5, 5.41) is 5.56. The van der Waals surface area contributed by atoms with Gasteiger partial charge < -0.3 is 10.6 Å². The number of aromatic nitrogens is 1. The molecule has 2 amide bonds. The summed E-state index contributed by atoms with van der Waals surface area (Å²) < 4.78 is 0. The van der Waals surface area contributed by atoms with E-state index in [-0.39, 0.29) is 11.8 Å². The zero-order chi connectivity index (χ0) is 16.8. The molecule has 24 heavy (non-hydrogen) atoms. The fraction of sp³-hybridized carbons (Fsp3) is 0. The lowest BCUT2D eigenvalue weighted by molar-refractivity contribution is 0.101. The van der Waals surface area contributed by atoms with Gasteiger partial charge in [0.05, 0.1) is 17.6 Å². The smallest absolute Gasteiger partial charge is 0.255 e. The van der Waals surface area contributed by atoms with Gasteiger partial charge in [-0.15, -0.1) is 0 Å². The number of hydrogen-bond acceptors (Lipinski definition) is 3. The van der Waals surface area contributed by atoms with E-state index in [9.17, 15) is 9.59 Å². The molecular weight excluding hydrogens is 302 g/mol. The third-order valence-electron chi connectivity index (χ3n) is 3.39. The molecule has 1 aromatic heterocycles. The van der Waals surface area contributed by atoms with E-state index in [1.54, 1.807) is 60.8 Å². The van der Waals surface area contributed by atoms with E-state index < -0.39 is 0 Å². The molecule has 2 N–H and O–H groups in total. The van der Waals surface area contributed by atoms with Crippen LogP contribution in [-0.2, 0) is 0 Å². The average molecular weight is 317 g/mol. The first-order chi connectivity index (χ1) is 11.7. The Bertz CT molecular complexity index is 776. The lowest BCUT2D eigenvalue weighted by atomic mass is 10.2. The van der Waals surface area contributed by atoms with Crippen LogP contribution < -0.4 is 10.6 Å². The first-order valence-corrected chi connectivity index (χ1v) is 7.41. The normalized spacial score (nSPS) is 10.0. The van der Waals surface area contributed by atoms with Gasteiger partial charge in [0.2, 0.25) is 0 Å². The topological polar surface area (TPSA) is 71.1 Å². The van der Waals surface area contributed by atoms with Crippen LogP contribution in [0.15, 0.2) is 79.1 Å². The molecule has 3 rings (SSSR count). The van der Waals surface area contributed by atoms with Crippen LogP contribution in [0.5, 0.6) is 0 Å². The SMILES string of the molecule is O=C(Nc1ccncc1NC(=O)c1ccccc1)c1ccccc1. The van der Waals surface area contributed by atoms with Crippen LogP contribution in [-0.4, -0.2) is 16.8 Å². The summed E-state index contributed by atoms with van der Waals surface area (Å²) >= 11 is 0. The van der Waals surface area contributed by atoms with Gasteiger partial charge in [-0.2, -0.15) is 0 Å². The maximum atomic E-state index is 12.3. The Morgan fingerprint density at radius 1 is 0.667 bits per heavy atom. The van der Waals surface area contributed by atoms with Crippen molar-refractivity contribution >= 4 is 23.2 Å². The van der Waals surface area contributed by atoms with E-state index in [1.165, 1.54) is 6.20 Å². The monoisotopic (exact) mass is 317 g/mol. The highest BCUT2D eigenvalue weighted by Gasteiger charge is 2.12. The number of carbonyl (C=O) groups is 2. The number of nitrogens with one attached hydrogen (secondary N) is 2. The Kier molecular flexibility index (Phi) is 4.62. The first kappa shape index (κ1) is 15.4. The van der Waals surface area contributed by atoms with Crippen molar-refractivity contribution in [2.45, 2.75) is 0 Å². The number of hydrogen-bond donors (Lipinski definition) is 2. The Morgan fingerprint density at radius 3 is 1.71 bits per heavy atom. The van der Waals surface area contributed by atoms with Crippen molar-refractivity contribution in [3.63, 3.8) is 0 Å². The Labute approximate surface area is 139 Å². The van der Waals surface area contributed by atoms with E-state index in [0.717, 1.165) is 0 Å². The Morgan fingerprint density at radius 2 is 1.17 bits per heavy atom. The summed E-state index contributed by atoms with van der Waals surface area (Å²) in [5.41, 5.74) is 2.00. The van der Waals surface area contributed by atoms with Crippen molar-refractivity contribution in [3.05, 3.63) is 90.3 Å². The van der Waals surface area contributed by atoms with Crippen molar-refractivity contribution < 1.29 is 9.59 Å². The maximum absolute atomic E-state index is 12.3. The molecule has 5 nitrogen and oxygen atoms in total. The molecule has 0 radical (unpaired) electrons. The van der Waals surface area contributed by atoms with Gasteiger partial charge in [0.1, 0.15) is 0 Å². The van der Waals surface area contributed by atoms with E-state index in [4.69, 9.17) is 0 Å². The van der Waals surface area contributed by atoms with Crippen molar-refractivity contribution in [3.8, 4) is 0 Å².